The van der Waals surface area contributed by atoms with Gasteiger partial charge in [0, 0.05) is 18.7 Å². The number of fused-ring (bicyclic) bond motifs is 1. The summed E-state index contributed by atoms with van der Waals surface area (Å²) in [5.41, 5.74) is 4.02. The zero-order valence-electron chi connectivity index (χ0n) is 16.8. The van der Waals surface area contributed by atoms with E-state index in [1.54, 1.807) is 29.7 Å². The number of aryl methyl sites for hydroxylation is 1. The summed E-state index contributed by atoms with van der Waals surface area (Å²) >= 11 is 0. The van der Waals surface area contributed by atoms with E-state index >= 15 is 0 Å². The third-order valence-electron chi connectivity index (χ3n) is 5.29. The van der Waals surface area contributed by atoms with Crippen molar-refractivity contribution in [2.24, 2.45) is 0 Å². The van der Waals surface area contributed by atoms with Crippen LogP contribution in [0.25, 0.3) is 0 Å². The quantitative estimate of drug-likeness (QED) is 0.341. The number of rotatable bonds is 6. The Bertz CT molecular complexity index is 1170. The molecule has 1 aromatic heterocycles. The van der Waals surface area contributed by atoms with E-state index < -0.39 is 28.5 Å². The average Bonchev–Trinajstić information content (AvgIpc) is 3.18. The Morgan fingerprint density at radius 1 is 1.23 bits per heavy atom. The van der Waals surface area contributed by atoms with Crippen molar-refractivity contribution in [2.75, 3.05) is 6.54 Å². The van der Waals surface area contributed by atoms with Crippen molar-refractivity contribution in [1.29, 1.82) is 0 Å². The Hall–Kier alpha value is -3.21. The number of ether oxygens (including phenoxy) is 1. The fraction of sp³-hybridized carbons (Fsp3) is 0.238. The molecule has 0 saturated carbocycles. The number of aromatic amines is 2. The number of nitrogens with one attached hydrogen (secondary N) is 3. The van der Waals surface area contributed by atoms with E-state index in [4.69, 9.17) is 9.94 Å². The molecule has 2 heterocycles. The molecule has 0 saturated heterocycles. The minimum absolute atomic E-state index is 0.157. The molecule has 1 aliphatic rings. The van der Waals surface area contributed by atoms with Gasteiger partial charge < -0.3 is 9.84 Å². The molecule has 3 aromatic rings. The molecule has 1 aliphatic heterocycles. The lowest BCUT2D eigenvalue weighted by Crippen LogP contribution is -2.46. The Morgan fingerprint density at radius 3 is 2.68 bits per heavy atom. The summed E-state index contributed by atoms with van der Waals surface area (Å²) in [6, 6.07) is 13.5. The number of benzene rings is 2. The maximum atomic E-state index is 13.2. The highest BCUT2D eigenvalue weighted by molar-refractivity contribution is 7.82. The molecular formula is C21H22N4O5S. The van der Waals surface area contributed by atoms with Crippen LogP contribution >= 0.6 is 0 Å². The van der Waals surface area contributed by atoms with Crippen LogP contribution in [0.4, 0.5) is 0 Å². The van der Waals surface area contributed by atoms with E-state index in [9.17, 15) is 13.8 Å². The zero-order valence-corrected chi connectivity index (χ0v) is 17.6. The monoisotopic (exact) mass is 442 g/mol. The van der Waals surface area contributed by atoms with Gasteiger partial charge in [-0.1, -0.05) is 24.3 Å². The number of amides is 1. The standard InChI is InChI=1S/C21H22N4O5S/c1-13-4-2-3-5-14(13)12-30-15-6-8-16(9-7-15)31(29)25-11-10-17-18(20(26)23-22-17)19(25)21(27)24-28/h2-9,19,28H,10-12H2,1H3,(H,24,27)(H2,22,23,26). The molecular weight excluding hydrogens is 420 g/mol. The topological polar surface area (TPSA) is 128 Å². The zero-order chi connectivity index (χ0) is 22.0. The van der Waals surface area contributed by atoms with Gasteiger partial charge in [-0.2, -0.15) is 0 Å². The molecule has 0 bridgehead atoms. The third kappa shape index (κ3) is 4.18. The van der Waals surface area contributed by atoms with E-state index in [0.717, 1.165) is 11.1 Å². The van der Waals surface area contributed by atoms with Gasteiger partial charge in [0.15, 0.2) is 0 Å². The van der Waals surface area contributed by atoms with Crippen molar-refractivity contribution in [3.05, 3.63) is 81.3 Å². The molecule has 10 heteroatoms. The molecule has 9 nitrogen and oxygen atoms in total. The number of hydrogen-bond acceptors (Lipinski definition) is 5. The highest BCUT2D eigenvalue weighted by Gasteiger charge is 2.39. The summed E-state index contributed by atoms with van der Waals surface area (Å²) in [7, 11) is -1.73. The summed E-state index contributed by atoms with van der Waals surface area (Å²) in [5, 5.41) is 14.3. The molecule has 4 rings (SSSR count). The lowest BCUT2D eigenvalue weighted by Gasteiger charge is -2.31. The van der Waals surface area contributed by atoms with Gasteiger partial charge in [-0.05, 0) is 42.3 Å². The Morgan fingerprint density at radius 2 is 1.97 bits per heavy atom. The highest BCUT2D eigenvalue weighted by atomic mass is 32.2. The fourth-order valence-electron chi connectivity index (χ4n) is 3.61. The van der Waals surface area contributed by atoms with Crippen molar-refractivity contribution in [3.63, 3.8) is 0 Å². The smallest absolute Gasteiger partial charge is 0.269 e. The van der Waals surface area contributed by atoms with Gasteiger partial charge in [-0.3, -0.25) is 19.9 Å². The number of carbonyl (C=O) groups excluding carboxylic acids is 1. The van der Waals surface area contributed by atoms with Gasteiger partial charge in [0.1, 0.15) is 29.4 Å². The van der Waals surface area contributed by atoms with Crippen LogP contribution in [0, 0.1) is 6.92 Å². The highest BCUT2D eigenvalue weighted by Crippen LogP contribution is 2.30. The van der Waals surface area contributed by atoms with Crippen molar-refractivity contribution < 1.29 is 18.9 Å². The molecule has 31 heavy (non-hydrogen) atoms. The summed E-state index contributed by atoms with van der Waals surface area (Å²) in [5.74, 6) is -0.200. The number of nitrogens with zero attached hydrogens (tertiary/aromatic N) is 1. The van der Waals surface area contributed by atoms with Gasteiger partial charge >= 0.3 is 0 Å². The predicted molar refractivity (Wildman–Crippen MR) is 113 cm³/mol. The summed E-state index contributed by atoms with van der Waals surface area (Å²) in [6.07, 6.45) is 0.409. The lowest BCUT2D eigenvalue weighted by molar-refractivity contribution is -0.133. The minimum atomic E-state index is -1.73. The summed E-state index contributed by atoms with van der Waals surface area (Å²) in [6.45, 7) is 2.69. The van der Waals surface area contributed by atoms with Crippen LogP contribution < -0.4 is 15.8 Å². The second-order valence-electron chi connectivity index (χ2n) is 7.18. The van der Waals surface area contributed by atoms with E-state index in [1.165, 1.54) is 4.31 Å². The second-order valence-corrected chi connectivity index (χ2v) is 8.62. The maximum Gasteiger partial charge on any atom is 0.269 e. The SMILES string of the molecule is Cc1ccccc1COc1ccc(S(=O)N2CCc3[nH][nH]c(=O)c3C2C(=O)NO)cc1. The molecule has 2 aromatic carbocycles. The van der Waals surface area contributed by atoms with E-state index in [1.807, 2.05) is 31.2 Å². The van der Waals surface area contributed by atoms with Crippen LogP contribution in [0.5, 0.6) is 5.75 Å². The van der Waals surface area contributed by atoms with E-state index in [2.05, 4.69) is 10.2 Å². The van der Waals surface area contributed by atoms with Crippen LogP contribution in [0.2, 0.25) is 0 Å². The number of hydroxylamine groups is 1. The first-order valence-electron chi connectivity index (χ1n) is 9.69. The van der Waals surface area contributed by atoms with E-state index in [0.29, 0.717) is 29.4 Å². The molecule has 2 unspecified atom stereocenters. The van der Waals surface area contributed by atoms with Gasteiger partial charge in [0.2, 0.25) is 0 Å². The summed E-state index contributed by atoms with van der Waals surface area (Å²) in [4.78, 5) is 24.9. The molecule has 2 atom stereocenters. The number of H-pyrrole nitrogens is 2. The first-order chi connectivity index (χ1) is 15.0. The number of aromatic nitrogens is 2. The van der Waals surface area contributed by atoms with Crippen LogP contribution in [0.3, 0.4) is 0 Å². The molecule has 4 N–H and O–H groups in total. The Balaban J connectivity index is 1.52. The van der Waals surface area contributed by atoms with Crippen molar-refractivity contribution in [2.45, 2.75) is 30.9 Å². The molecule has 162 valence electrons. The van der Waals surface area contributed by atoms with Crippen molar-refractivity contribution in [3.8, 4) is 5.75 Å². The molecule has 0 fully saturated rings. The number of carbonyl (C=O) groups is 1. The van der Waals surface area contributed by atoms with Crippen molar-refractivity contribution in [1.82, 2.24) is 20.0 Å². The van der Waals surface area contributed by atoms with E-state index in [-0.39, 0.29) is 12.1 Å². The van der Waals surface area contributed by atoms with Crippen LogP contribution in [0.1, 0.15) is 28.4 Å². The van der Waals surface area contributed by atoms with Gasteiger partial charge in [-0.15, -0.1) is 0 Å². The van der Waals surface area contributed by atoms with Gasteiger partial charge in [0.05, 0.1) is 10.5 Å². The molecule has 0 radical (unpaired) electrons. The molecule has 1 amide bonds. The predicted octanol–water partition coefficient (Wildman–Crippen LogP) is 1.72. The molecule has 0 spiro atoms. The Labute approximate surface area is 180 Å². The Kier molecular flexibility index (Phi) is 6.03. The first-order valence-corrected chi connectivity index (χ1v) is 10.8. The maximum absolute atomic E-state index is 13.2. The normalized spacial score (nSPS) is 17.0. The van der Waals surface area contributed by atoms with Crippen LogP contribution in [-0.2, 0) is 28.8 Å². The summed E-state index contributed by atoms with van der Waals surface area (Å²) < 4.78 is 20.4. The van der Waals surface area contributed by atoms with Gasteiger partial charge in [0.25, 0.3) is 11.5 Å². The second kappa shape index (κ2) is 8.88. The minimum Gasteiger partial charge on any atom is -0.489 e. The largest absolute Gasteiger partial charge is 0.489 e. The molecule has 0 aliphatic carbocycles. The van der Waals surface area contributed by atoms with Crippen LogP contribution in [0.15, 0.2) is 58.2 Å². The third-order valence-corrected chi connectivity index (χ3v) is 6.79. The van der Waals surface area contributed by atoms with Crippen molar-refractivity contribution >= 4 is 16.9 Å². The lowest BCUT2D eigenvalue weighted by atomic mass is 10.0. The van der Waals surface area contributed by atoms with Crippen LogP contribution in [-0.4, -0.2) is 36.4 Å². The fourth-order valence-corrected chi connectivity index (χ4v) is 4.90. The number of hydrogen-bond donors (Lipinski definition) is 4. The van der Waals surface area contributed by atoms with Gasteiger partial charge in [-0.25, -0.2) is 14.0 Å². The average molecular weight is 442 g/mol. The first kappa shape index (κ1) is 21.0.